The van der Waals surface area contributed by atoms with Gasteiger partial charge in [0.25, 0.3) is 0 Å². The van der Waals surface area contributed by atoms with Gasteiger partial charge in [-0.05, 0) is 31.8 Å². The molecule has 1 N–H and O–H groups in total. The zero-order chi connectivity index (χ0) is 10.5. The van der Waals surface area contributed by atoms with E-state index in [0.29, 0.717) is 0 Å². The third kappa shape index (κ3) is 3.18. The maximum atomic E-state index is 3.39. The Bertz CT molecular complexity index is 260. The lowest BCUT2D eigenvalue weighted by molar-refractivity contribution is 0.244. The van der Waals surface area contributed by atoms with Crippen LogP contribution in [0.1, 0.15) is 26.2 Å². The monoisotopic (exact) mass is 206 g/mol. The van der Waals surface area contributed by atoms with Gasteiger partial charge in [0.2, 0.25) is 0 Å². The Morgan fingerprint density at radius 2 is 2.13 bits per heavy atom. The van der Waals surface area contributed by atoms with Crippen LogP contribution in [-0.2, 0) is 0 Å². The summed E-state index contributed by atoms with van der Waals surface area (Å²) in [5, 5.41) is 3.39. The Hall–Kier alpha value is -0.600. The Balaban J connectivity index is 1.79. The molecule has 15 heavy (non-hydrogen) atoms. The molecule has 1 aliphatic heterocycles. The second-order valence-corrected chi connectivity index (χ2v) is 4.59. The molecule has 2 nitrogen and oxygen atoms in total. The van der Waals surface area contributed by atoms with Gasteiger partial charge in [-0.2, -0.15) is 0 Å². The van der Waals surface area contributed by atoms with Gasteiger partial charge >= 0.3 is 0 Å². The van der Waals surface area contributed by atoms with E-state index in [9.17, 15) is 0 Å². The van der Waals surface area contributed by atoms with Gasteiger partial charge < -0.3 is 10.2 Å². The molecule has 2 aliphatic rings. The highest BCUT2D eigenvalue weighted by atomic mass is 15.2. The van der Waals surface area contributed by atoms with Gasteiger partial charge in [0.1, 0.15) is 0 Å². The third-order valence-electron chi connectivity index (χ3n) is 3.46. The number of nitrogens with zero attached hydrogens (tertiary/aromatic N) is 1. The first-order chi connectivity index (χ1) is 7.36. The van der Waals surface area contributed by atoms with Crippen molar-refractivity contribution >= 4 is 0 Å². The summed E-state index contributed by atoms with van der Waals surface area (Å²) >= 11 is 0. The predicted molar refractivity (Wildman–Crippen MR) is 65.0 cm³/mol. The van der Waals surface area contributed by atoms with Crippen LogP contribution >= 0.6 is 0 Å². The molecule has 0 atom stereocenters. The van der Waals surface area contributed by atoms with Crippen molar-refractivity contribution in [3.05, 3.63) is 23.3 Å². The van der Waals surface area contributed by atoms with E-state index in [1.807, 2.05) is 0 Å². The lowest BCUT2D eigenvalue weighted by atomic mass is 9.96. The molecular weight excluding hydrogens is 184 g/mol. The van der Waals surface area contributed by atoms with Crippen LogP contribution in [0.25, 0.3) is 0 Å². The zero-order valence-corrected chi connectivity index (χ0v) is 9.76. The van der Waals surface area contributed by atoms with E-state index in [4.69, 9.17) is 0 Å². The van der Waals surface area contributed by atoms with Crippen LogP contribution in [-0.4, -0.2) is 37.6 Å². The molecule has 0 bridgehead atoms. The van der Waals surface area contributed by atoms with Crippen LogP contribution in [0.4, 0.5) is 0 Å². The smallest absolute Gasteiger partial charge is 0.0108 e. The minimum absolute atomic E-state index is 1.16. The second-order valence-electron chi connectivity index (χ2n) is 4.59. The van der Waals surface area contributed by atoms with Crippen molar-refractivity contribution in [2.75, 3.05) is 32.7 Å². The largest absolute Gasteiger partial charge is 0.314 e. The molecule has 0 unspecified atom stereocenters. The number of rotatable bonds is 3. The molecule has 1 aliphatic carbocycles. The highest BCUT2D eigenvalue weighted by Gasteiger charge is 2.10. The normalized spacial score (nSPS) is 23.5. The zero-order valence-electron chi connectivity index (χ0n) is 9.76. The van der Waals surface area contributed by atoms with Crippen LogP contribution in [0.15, 0.2) is 23.3 Å². The molecule has 0 spiro atoms. The van der Waals surface area contributed by atoms with Crippen LogP contribution in [0.2, 0.25) is 0 Å². The van der Waals surface area contributed by atoms with Crippen LogP contribution in [0.5, 0.6) is 0 Å². The van der Waals surface area contributed by atoms with Crippen LogP contribution in [0.3, 0.4) is 0 Å². The summed E-state index contributed by atoms with van der Waals surface area (Å²) in [5.74, 6) is 0. The Morgan fingerprint density at radius 1 is 1.33 bits per heavy atom. The Morgan fingerprint density at radius 3 is 2.87 bits per heavy atom. The van der Waals surface area contributed by atoms with E-state index in [-0.39, 0.29) is 0 Å². The summed E-state index contributed by atoms with van der Waals surface area (Å²) in [5.41, 5.74) is 3.19. The van der Waals surface area contributed by atoms with Crippen molar-refractivity contribution in [3.8, 4) is 0 Å². The second kappa shape index (κ2) is 5.47. The maximum Gasteiger partial charge on any atom is 0.0108 e. The van der Waals surface area contributed by atoms with E-state index in [0.717, 1.165) is 13.1 Å². The molecule has 0 aromatic rings. The third-order valence-corrected chi connectivity index (χ3v) is 3.46. The highest BCUT2D eigenvalue weighted by molar-refractivity contribution is 5.28. The van der Waals surface area contributed by atoms with Gasteiger partial charge in [-0.1, -0.05) is 17.7 Å². The van der Waals surface area contributed by atoms with Crippen molar-refractivity contribution in [3.63, 3.8) is 0 Å². The highest BCUT2D eigenvalue weighted by Crippen LogP contribution is 2.21. The molecule has 0 aromatic heterocycles. The molecule has 84 valence electrons. The van der Waals surface area contributed by atoms with Crippen LogP contribution in [0, 0.1) is 0 Å². The maximum absolute atomic E-state index is 3.39. The summed E-state index contributed by atoms with van der Waals surface area (Å²) in [4.78, 5) is 2.57. The van der Waals surface area contributed by atoms with Gasteiger partial charge in [0.15, 0.2) is 0 Å². The van der Waals surface area contributed by atoms with Gasteiger partial charge in [0, 0.05) is 32.7 Å². The van der Waals surface area contributed by atoms with Crippen molar-refractivity contribution < 1.29 is 0 Å². The molecular formula is C13H22N2. The molecule has 1 heterocycles. The predicted octanol–water partition coefficient (Wildman–Crippen LogP) is 1.95. The molecule has 2 heteroatoms. The van der Waals surface area contributed by atoms with Crippen molar-refractivity contribution in [2.24, 2.45) is 0 Å². The van der Waals surface area contributed by atoms with Crippen molar-refractivity contribution in [1.82, 2.24) is 10.2 Å². The fourth-order valence-electron chi connectivity index (χ4n) is 2.34. The molecule has 2 rings (SSSR count). The number of piperazine rings is 1. The number of hydrogen-bond acceptors (Lipinski definition) is 2. The van der Waals surface area contributed by atoms with E-state index < -0.39 is 0 Å². The van der Waals surface area contributed by atoms with Gasteiger partial charge in [-0.25, -0.2) is 0 Å². The van der Waals surface area contributed by atoms with Gasteiger partial charge in [-0.3, -0.25) is 0 Å². The van der Waals surface area contributed by atoms with Gasteiger partial charge in [0.05, 0.1) is 0 Å². The minimum Gasteiger partial charge on any atom is -0.314 e. The molecule has 1 saturated heterocycles. The lowest BCUT2D eigenvalue weighted by Gasteiger charge is -2.27. The Labute approximate surface area is 93.0 Å². The number of allylic oxidation sites excluding steroid dienone is 3. The standard InChI is InChI=1S/C13H22N2/c1-12-4-2-3-5-13(12)6-9-15-10-7-14-8-11-15/h3,5,14H,2,4,6-11H2,1H3. The number of hydrogen-bond donors (Lipinski definition) is 1. The SMILES string of the molecule is CC1=C(CCN2CCNCC2)C=CCC1. The van der Waals surface area contributed by atoms with Crippen molar-refractivity contribution in [1.29, 1.82) is 0 Å². The molecule has 1 fully saturated rings. The van der Waals surface area contributed by atoms with Crippen LogP contribution < -0.4 is 5.32 Å². The quantitative estimate of drug-likeness (QED) is 0.759. The summed E-state index contributed by atoms with van der Waals surface area (Å²) in [6, 6.07) is 0. The average Bonchev–Trinajstić information content (AvgIpc) is 2.29. The fraction of sp³-hybridized carbons (Fsp3) is 0.692. The molecule has 0 radical (unpaired) electrons. The van der Waals surface area contributed by atoms with E-state index in [1.165, 1.54) is 38.9 Å². The molecule has 0 amide bonds. The molecule has 0 saturated carbocycles. The summed E-state index contributed by atoms with van der Waals surface area (Å²) in [6.45, 7) is 8.28. The fourth-order valence-corrected chi connectivity index (χ4v) is 2.34. The van der Waals surface area contributed by atoms with Gasteiger partial charge in [-0.15, -0.1) is 0 Å². The lowest BCUT2D eigenvalue weighted by Crippen LogP contribution is -2.43. The van der Waals surface area contributed by atoms with E-state index in [1.54, 1.807) is 11.1 Å². The van der Waals surface area contributed by atoms with E-state index >= 15 is 0 Å². The topological polar surface area (TPSA) is 15.3 Å². The van der Waals surface area contributed by atoms with Crippen molar-refractivity contribution in [2.45, 2.75) is 26.2 Å². The summed E-state index contributed by atoms with van der Waals surface area (Å²) in [7, 11) is 0. The number of nitrogens with one attached hydrogen (secondary N) is 1. The minimum atomic E-state index is 1.16. The molecule has 0 aromatic carbocycles. The first-order valence-corrected chi connectivity index (χ1v) is 6.14. The Kier molecular flexibility index (Phi) is 3.98. The first kappa shape index (κ1) is 10.9. The summed E-state index contributed by atoms with van der Waals surface area (Å²) in [6.07, 6.45) is 8.40. The van der Waals surface area contributed by atoms with E-state index in [2.05, 4.69) is 29.3 Å². The average molecular weight is 206 g/mol. The summed E-state index contributed by atoms with van der Waals surface area (Å²) < 4.78 is 0. The first-order valence-electron chi connectivity index (χ1n) is 6.14.